The van der Waals surface area contributed by atoms with E-state index in [0.717, 1.165) is 5.76 Å². The molecule has 2 heterocycles. The molecule has 1 aliphatic rings. The number of carbonyl (C=O) groups excluding carboxylic acids is 1. The van der Waals surface area contributed by atoms with Crippen molar-refractivity contribution in [3.8, 4) is 0 Å². The molecule has 6 N–H and O–H groups in total. The van der Waals surface area contributed by atoms with Crippen molar-refractivity contribution in [3.05, 3.63) is 92.9 Å². The molecule has 1 saturated heterocycles. The summed E-state index contributed by atoms with van der Waals surface area (Å²) >= 11 is 12.2. The van der Waals surface area contributed by atoms with Gasteiger partial charge in [0.15, 0.2) is 0 Å². The van der Waals surface area contributed by atoms with Crippen LogP contribution < -0.4 is 16.4 Å². The van der Waals surface area contributed by atoms with E-state index >= 15 is 8.78 Å². The van der Waals surface area contributed by atoms with Gasteiger partial charge < -0.3 is 31.0 Å². The quantitative estimate of drug-likeness (QED) is 0.210. The van der Waals surface area contributed by atoms with Crippen LogP contribution in [0.1, 0.15) is 55.3 Å². The minimum atomic E-state index is -1.40. The average Bonchev–Trinajstić information content (AvgIpc) is 3.49. The molecule has 1 amide bonds. The van der Waals surface area contributed by atoms with Crippen molar-refractivity contribution in [2.45, 2.75) is 75.1 Å². The lowest BCUT2D eigenvalue weighted by Crippen LogP contribution is -2.57. The van der Waals surface area contributed by atoms with Crippen LogP contribution in [0.3, 0.4) is 0 Å². The monoisotopic (exact) mass is 623 g/mol. The Morgan fingerprint density at radius 3 is 2.60 bits per heavy atom. The Labute approximate surface area is 254 Å². The minimum absolute atomic E-state index is 0.0510. The van der Waals surface area contributed by atoms with Gasteiger partial charge in [-0.2, -0.15) is 0 Å². The maximum absolute atomic E-state index is 15.7. The van der Waals surface area contributed by atoms with Crippen LogP contribution in [0, 0.1) is 18.6 Å². The van der Waals surface area contributed by atoms with Crippen molar-refractivity contribution in [1.82, 2.24) is 10.6 Å². The van der Waals surface area contributed by atoms with E-state index in [9.17, 15) is 9.90 Å². The van der Waals surface area contributed by atoms with E-state index in [2.05, 4.69) is 10.6 Å². The van der Waals surface area contributed by atoms with Crippen LogP contribution in [0.25, 0.3) is 0 Å². The van der Waals surface area contributed by atoms with Crippen molar-refractivity contribution < 1.29 is 28.2 Å². The van der Waals surface area contributed by atoms with Gasteiger partial charge in [0.25, 0.3) is 0 Å². The van der Waals surface area contributed by atoms with Crippen molar-refractivity contribution in [2.75, 3.05) is 13.2 Å². The van der Waals surface area contributed by atoms with Gasteiger partial charge >= 0.3 is 0 Å². The SMILES string of the molecule is Cc1ccc(C(C)(C)CC2NC(C(=O)NCCC(O)CO)C(c3cccc(Cl)c3F)C2(N)Cc2ccc(Cl)cc2F)o1. The fourth-order valence-electron chi connectivity index (χ4n) is 5.90. The van der Waals surface area contributed by atoms with E-state index in [-0.39, 0.29) is 40.6 Å². The summed E-state index contributed by atoms with van der Waals surface area (Å²) in [6.45, 7) is 5.42. The number of nitrogens with one attached hydrogen (secondary N) is 2. The molecule has 42 heavy (non-hydrogen) atoms. The molecule has 2 aromatic carbocycles. The molecule has 0 saturated carbocycles. The number of aryl methyl sites for hydroxylation is 1. The van der Waals surface area contributed by atoms with Gasteiger partial charge in [-0.25, -0.2) is 8.78 Å². The van der Waals surface area contributed by atoms with Crippen LogP contribution in [0.2, 0.25) is 10.0 Å². The first kappa shape index (κ1) is 32.4. The zero-order chi connectivity index (χ0) is 30.8. The van der Waals surface area contributed by atoms with Gasteiger partial charge in [0.05, 0.1) is 23.8 Å². The number of aliphatic hydroxyl groups excluding tert-OH is 2. The number of rotatable bonds is 11. The van der Waals surface area contributed by atoms with Gasteiger partial charge in [-0.05, 0) is 67.6 Å². The summed E-state index contributed by atoms with van der Waals surface area (Å²) in [6, 6.07) is 10.9. The summed E-state index contributed by atoms with van der Waals surface area (Å²) in [5.74, 6) is -1.30. The third-order valence-electron chi connectivity index (χ3n) is 8.16. The molecule has 0 aliphatic carbocycles. The largest absolute Gasteiger partial charge is 0.466 e. The van der Waals surface area contributed by atoms with E-state index < -0.39 is 59.2 Å². The number of nitrogens with two attached hydrogens (primary N) is 1. The summed E-state index contributed by atoms with van der Waals surface area (Å²) < 4.78 is 36.9. The number of furan rings is 1. The molecule has 0 spiro atoms. The fourth-order valence-corrected chi connectivity index (χ4v) is 6.24. The molecule has 1 aliphatic heterocycles. The molecule has 7 nitrogen and oxygen atoms in total. The van der Waals surface area contributed by atoms with Crippen molar-refractivity contribution >= 4 is 29.1 Å². The second-order valence-electron chi connectivity index (χ2n) is 11.8. The van der Waals surface area contributed by atoms with Gasteiger partial charge in [-0.1, -0.05) is 55.2 Å². The van der Waals surface area contributed by atoms with E-state index in [1.807, 2.05) is 32.9 Å². The summed E-state index contributed by atoms with van der Waals surface area (Å²) in [4.78, 5) is 13.7. The van der Waals surface area contributed by atoms with Crippen LogP contribution in [-0.4, -0.2) is 53.0 Å². The Morgan fingerprint density at radius 1 is 1.21 bits per heavy atom. The maximum Gasteiger partial charge on any atom is 0.237 e. The second kappa shape index (κ2) is 13.0. The summed E-state index contributed by atoms with van der Waals surface area (Å²) in [5.41, 5.74) is 5.71. The molecule has 11 heteroatoms. The van der Waals surface area contributed by atoms with Crippen molar-refractivity contribution in [2.24, 2.45) is 5.73 Å². The predicted octanol–water partition coefficient (Wildman–Crippen LogP) is 4.76. The van der Waals surface area contributed by atoms with Crippen molar-refractivity contribution in [3.63, 3.8) is 0 Å². The molecule has 1 aromatic heterocycles. The van der Waals surface area contributed by atoms with E-state index in [1.54, 1.807) is 18.2 Å². The van der Waals surface area contributed by atoms with Crippen molar-refractivity contribution in [1.29, 1.82) is 0 Å². The second-order valence-corrected chi connectivity index (χ2v) is 12.6. The van der Waals surface area contributed by atoms with Gasteiger partial charge in [-0.3, -0.25) is 4.79 Å². The third-order valence-corrected chi connectivity index (χ3v) is 8.69. The summed E-state index contributed by atoms with van der Waals surface area (Å²) in [5, 5.41) is 25.1. The van der Waals surface area contributed by atoms with Gasteiger partial charge in [0.1, 0.15) is 23.2 Å². The lowest BCUT2D eigenvalue weighted by molar-refractivity contribution is -0.123. The number of halogens is 4. The number of aliphatic hydroxyl groups is 2. The first-order chi connectivity index (χ1) is 19.8. The molecular formula is C31H37Cl2F2N3O4. The molecular weight excluding hydrogens is 587 g/mol. The molecule has 1 fully saturated rings. The number of benzene rings is 2. The zero-order valence-electron chi connectivity index (χ0n) is 23.8. The Morgan fingerprint density at radius 2 is 1.95 bits per heavy atom. The number of hydrogen-bond donors (Lipinski definition) is 5. The molecule has 3 aromatic rings. The molecule has 5 unspecified atom stereocenters. The van der Waals surface area contributed by atoms with Gasteiger partial charge in [-0.15, -0.1) is 0 Å². The first-order valence-electron chi connectivity index (χ1n) is 13.8. The lowest BCUT2D eigenvalue weighted by Gasteiger charge is -2.40. The van der Waals surface area contributed by atoms with E-state index in [4.69, 9.17) is 38.5 Å². The highest BCUT2D eigenvalue weighted by Gasteiger charge is 2.57. The highest BCUT2D eigenvalue weighted by atomic mass is 35.5. The zero-order valence-corrected chi connectivity index (χ0v) is 25.3. The number of carbonyl (C=O) groups is 1. The van der Waals surface area contributed by atoms with Crippen LogP contribution >= 0.6 is 23.2 Å². The number of hydrogen-bond acceptors (Lipinski definition) is 6. The minimum Gasteiger partial charge on any atom is -0.466 e. The normalized spacial score (nSPS) is 23.2. The average molecular weight is 625 g/mol. The maximum atomic E-state index is 15.7. The van der Waals surface area contributed by atoms with E-state index in [1.165, 1.54) is 18.2 Å². The highest BCUT2D eigenvalue weighted by molar-refractivity contribution is 6.31. The number of amides is 1. The topological polar surface area (TPSA) is 121 Å². The Balaban J connectivity index is 1.82. The molecule has 5 atom stereocenters. The third kappa shape index (κ3) is 6.82. The van der Waals surface area contributed by atoms with Crippen LogP contribution in [-0.2, 0) is 16.6 Å². The van der Waals surface area contributed by atoms with Gasteiger partial charge in [0.2, 0.25) is 5.91 Å². The molecule has 4 rings (SSSR count). The van der Waals surface area contributed by atoms with Crippen LogP contribution in [0.15, 0.2) is 52.9 Å². The van der Waals surface area contributed by atoms with Crippen LogP contribution in [0.5, 0.6) is 0 Å². The molecule has 0 bridgehead atoms. The molecule has 228 valence electrons. The standard InChI is InChI=1S/C31H37Cl2F2N3O4/c1-17-7-10-25(42-17)30(2,3)15-24-31(36,14-18-8-9-19(32)13-23(18)34)26(21-5-4-6-22(33)27(21)35)28(38-24)29(41)37-12-11-20(40)16-39/h4-10,13,20,24,26,28,38-40H,11-12,14-16,36H2,1-3H3,(H,37,41). The lowest BCUT2D eigenvalue weighted by atomic mass is 9.68. The first-order valence-corrected chi connectivity index (χ1v) is 14.6. The smallest absolute Gasteiger partial charge is 0.237 e. The Bertz CT molecular complexity index is 1420. The highest BCUT2D eigenvalue weighted by Crippen LogP contribution is 2.46. The summed E-state index contributed by atoms with van der Waals surface area (Å²) in [7, 11) is 0. The molecule has 0 radical (unpaired) electrons. The predicted molar refractivity (Wildman–Crippen MR) is 159 cm³/mol. The van der Waals surface area contributed by atoms with Gasteiger partial charge in [0, 0.05) is 34.5 Å². The Kier molecular flexibility index (Phi) is 10.0. The van der Waals surface area contributed by atoms with Crippen LogP contribution in [0.4, 0.5) is 8.78 Å². The summed E-state index contributed by atoms with van der Waals surface area (Å²) in [6.07, 6.45) is -0.583. The Hall–Kier alpha value is -2.53. The van der Waals surface area contributed by atoms with E-state index in [0.29, 0.717) is 12.2 Å². The fraction of sp³-hybridized carbons (Fsp3) is 0.452.